The fraction of sp³-hybridized carbons (Fsp3) is 0.588. The van der Waals surface area contributed by atoms with E-state index in [1.165, 1.54) is 0 Å². The van der Waals surface area contributed by atoms with Crippen molar-refractivity contribution < 1.29 is 4.79 Å². The Morgan fingerprint density at radius 3 is 1.89 bits per heavy atom. The highest BCUT2D eigenvalue weighted by molar-refractivity contribution is 9.10. The zero-order valence-corrected chi connectivity index (χ0v) is 19.4. The maximum absolute atomic E-state index is 12.2. The molecule has 1 aliphatic heterocycles. The van der Waals surface area contributed by atoms with Crippen molar-refractivity contribution in [2.24, 2.45) is 0 Å². The number of nitrogens with one attached hydrogen (secondary N) is 4. The molecule has 0 radical (unpaired) electrons. The molecule has 10 heteroatoms. The fourth-order valence-electron chi connectivity index (χ4n) is 2.53. The zero-order chi connectivity index (χ0) is 17.0. The van der Waals surface area contributed by atoms with Gasteiger partial charge in [0.25, 0.3) is 0 Å². The molecule has 4 N–H and O–H groups in total. The Bertz CT molecular complexity index is 484. The van der Waals surface area contributed by atoms with Gasteiger partial charge in [-0.15, -0.1) is 37.2 Å². The van der Waals surface area contributed by atoms with Crippen LogP contribution in [0.15, 0.2) is 28.7 Å². The maximum atomic E-state index is 12.2. The third-order valence-corrected chi connectivity index (χ3v) is 4.47. The fourth-order valence-corrected chi connectivity index (χ4v) is 2.80. The van der Waals surface area contributed by atoms with Gasteiger partial charge in [-0.1, -0.05) is 28.1 Å². The van der Waals surface area contributed by atoms with E-state index in [-0.39, 0.29) is 43.1 Å². The van der Waals surface area contributed by atoms with Crippen molar-refractivity contribution in [1.29, 1.82) is 0 Å². The number of carbonyl (C=O) groups excluding carboxylic acids is 1. The first kappa shape index (κ1) is 29.1. The Balaban J connectivity index is 0. The van der Waals surface area contributed by atoms with E-state index in [0.29, 0.717) is 13.1 Å². The molecular formula is C17H31BrCl3N5O. The summed E-state index contributed by atoms with van der Waals surface area (Å²) in [6, 6.07) is 8.01. The van der Waals surface area contributed by atoms with Gasteiger partial charge in [0.1, 0.15) is 0 Å². The van der Waals surface area contributed by atoms with Crippen LogP contribution in [0.5, 0.6) is 0 Å². The van der Waals surface area contributed by atoms with Gasteiger partial charge >= 0.3 is 0 Å². The number of carbonyl (C=O) groups is 1. The number of hydrogen-bond donors (Lipinski definition) is 4. The van der Waals surface area contributed by atoms with E-state index >= 15 is 0 Å². The molecule has 0 saturated carbocycles. The van der Waals surface area contributed by atoms with Crippen molar-refractivity contribution in [1.82, 2.24) is 26.2 Å². The predicted molar refractivity (Wildman–Crippen MR) is 123 cm³/mol. The molecule has 0 bridgehead atoms. The normalized spacial score (nSPS) is 16.3. The second-order valence-corrected chi connectivity index (χ2v) is 6.85. The van der Waals surface area contributed by atoms with E-state index < -0.39 is 0 Å². The highest BCUT2D eigenvalue weighted by atomic mass is 79.9. The number of rotatable bonds is 4. The summed E-state index contributed by atoms with van der Waals surface area (Å²) in [6.45, 7) is 8.47. The molecule has 0 aliphatic carbocycles. The lowest BCUT2D eigenvalue weighted by Gasteiger charge is -2.23. The smallest absolute Gasteiger partial charge is 0.234 e. The highest BCUT2D eigenvalue weighted by Crippen LogP contribution is 2.10. The van der Waals surface area contributed by atoms with Crippen LogP contribution in [0.4, 0.5) is 0 Å². The number of halogens is 4. The summed E-state index contributed by atoms with van der Waals surface area (Å²) in [5.74, 6) is 0.0756. The molecule has 1 aromatic carbocycles. The van der Waals surface area contributed by atoms with Gasteiger partial charge in [0, 0.05) is 63.4 Å². The Morgan fingerprint density at radius 1 is 0.889 bits per heavy atom. The topological polar surface area (TPSA) is 68.4 Å². The number of benzene rings is 1. The van der Waals surface area contributed by atoms with Crippen LogP contribution in [-0.2, 0) is 11.3 Å². The molecule has 0 aromatic heterocycles. The minimum Gasteiger partial charge on any atom is -0.351 e. The van der Waals surface area contributed by atoms with Crippen LogP contribution in [0, 0.1) is 0 Å². The summed E-state index contributed by atoms with van der Waals surface area (Å²) in [5.41, 5.74) is 1.11. The minimum absolute atomic E-state index is 0. The van der Waals surface area contributed by atoms with Gasteiger partial charge in [-0.2, -0.15) is 0 Å². The lowest BCUT2D eigenvalue weighted by Crippen LogP contribution is -2.45. The molecule has 0 unspecified atom stereocenters. The average Bonchev–Trinajstić information content (AvgIpc) is 2.57. The molecule has 1 aliphatic rings. The van der Waals surface area contributed by atoms with Crippen molar-refractivity contribution in [2.75, 3.05) is 58.9 Å². The molecule has 158 valence electrons. The summed E-state index contributed by atoms with van der Waals surface area (Å²) < 4.78 is 1.05. The van der Waals surface area contributed by atoms with Crippen molar-refractivity contribution >= 4 is 59.1 Å². The quantitative estimate of drug-likeness (QED) is 0.496. The number of hydrogen-bond acceptors (Lipinski definition) is 5. The van der Waals surface area contributed by atoms with Crippen molar-refractivity contribution in [2.45, 2.75) is 6.54 Å². The van der Waals surface area contributed by atoms with Crippen LogP contribution in [0.1, 0.15) is 5.56 Å². The molecule has 2 rings (SSSR count). The summed E-state index contributed by atoms with van der Waals surface area (Å²) in [6.07, 6.45) is 0. The maximum Gasteiger partial charge on any atom is 0.234 e. The van der Waals surface area contributed by atoms with Gasteiger partial charge in [0.2, 0.25) is 5.91 Å². The third kappa shape index (κ3) is 13.7. The van der Waals surface area contributed by atoms with Crippen molar-refractivity contribution in [3.8, 4) is 0 Å². The monoisotopic (exact) mass is 505 g/mol. The van der Waals surface area contributed by atoms with Crippen molar-refractivity contribution in [3.63, 3.8) is 0 Å². The molecule has 0 atom stereocenters. The van der Waals surface area contributed by atoms with Gasteiger partial charge in [-0.05, 0) is 17.7 Å². The number of amides is 1. The largest absolute Gasteiger partial charge is 0.351 e. The van der Waals surface area contributed by atoms with Crippen LogP contribution in [0.2, 0.25) is 0 Å². The van der Waals surface area contributed by atoms with Crippen LogP contribution in [0.3, 0.4) is 0 Å². The first-order valence-electron chi connectivity index (χ1n) is 8.60. The van der Waals surface area contributed by atoms with Crippen LogP contribution in [-0.4, -0.2) is 69.7 Å². The third-order valence-electron chi connectivity index (χ3n) is 3.94. The molecule has 1 amide bonds. The SMILES string of the molecule is Cl.Cl.Cl.O=C(CN1CCNCCNCCNCC1)NCc1ccc(Br)cc1. The number of nitrogens with zero attached hydrogens (tertiary/aromatic N) is 1. The predicted octanol–water partition coefficient (Wildman–Crippen LogP) is 1.42. The standard InChI is InChI=1S/C17H28BrN5O.3ClH/c18-16-3-1-15(2-4-16)13-22-17(24)14-23-11-9-20-7-5-19-6-8-21-10-12-23;;;/h1-4,19-21H,5-14H2,(H,22,24);3*1H. The Labute approximate surface area is 189 Å². The van der Waals surface area contributed by atoms with Gasteiger partial charge in [-0.25, -0.2) is 0 Å². The second kappa shape index (κ2) is 17.9. The lowest BCUT2D eigenvalue weighted by molar-refractivity contribution is -0.122. The summed E-state index contributed by atoms with van der Waals surface area (Å²) in [7, 11) is 0. The first-order chi connectivity index (χ1) is 11.7. The summed E-state index contributed by atoms with van der Waals surface area (Å²) >= 11 is 3.42. The van der Waals surface area contributed by atoms with E-state index in [2.05, 4.69) is 42.1 Å². The van der Waals surface area contributed by atoms with Gasteiger partial charge in [-0.3, -0.25) is 9.69 Å². The van der Waals surface area contributed by atoms with E-state index in [4.69, 9.17) is 0 Å². The summed E-state index contributed by atoms with van der Waals surface area (Å²) in [4.78, 5) is 14.4. The molecule has 0 spiro atoms. The molecule has 6 nitrogen and oxygen atoms in total. The van der Waals surface area contributed by atoms with Crippen molar-refractivity contribution in [3.05, 3.63) is 34.3 Å². The molecular weight excluding hydrogens is 476 g/mol. The van der Waals surface area contributed by atoms with Crippen LogP contribution < -0.4 is 21.3 Å². The van der Waals surface area contributed by atoms with Crippen LogP contribution >= 0.6 is 53.2 Å². The lowest BCUT2D eigenvalue weighted by atomic mass is 10.2. The van der Waals surface area contributed by atoms with Gasteiger partial charge in [0.15, 0.2) is 0 Å². The Morgan fingerprint density at radius 2 is 1.37 bits per heavy atom. The highest BCUT2D eigenvalue weighted by Gasteiger charge is 2.10. The zero-order valence-electron chi connectivity index (χ0n) is 15.3. The minimum atomic E-state index is 0. The van der Waals surface area contributed by atoms with E-state index in [1.54, 1.807) is 0 Å². The average molecular weight is 508 g/mol. The Hall–Kier alpha value is -0.120. The van der Waals surface area contributed by atoms with Gasteiger partial charge in [0.05, 0.1) is 6.54 Å². The Kier molecular flexibility index (Phi) is 19.3. The molecule has 1 aromatic rings. The van der Waals surface area contributed by atoms with Crippen LogP contribution in [0.25, 0.3) is 0 Å². The molecule has 1 saturated heterocycles. The molecule has 1 fully saturated rings. The van der Waals surface area contributed by atoms with E-state index in [1.807, 2.05) is 24.3 Å². The summed E-state index contributed by atoms with van der Waals surface area (Å²) in [5, 5.41) is 13.2. The second-order valence-electron chi connectivity index (χ2n) is 5.93. The van der Waals surface area contributed by atoms with Gasteiger partial charge < -0.3 is 21.3 Å². The van der Waals surface area contributed by atoms with E-state index in [9.17, 15) is 4.79 Å². The molecule has 27 heavy (non-hydrogen) atoms. The molecule has 1 heterocycles. The van der Waals surface area contributed by atoms with E-state index in [0.717, 1.165) is 62.4 Å². The first-order valence-corrected chi connectivity index (χ1v) is 9.39.